The number of carbonyl (C=O) groups is 1. The fourth-order valence-corrected chi connectivity index (χ4v) is 3.75. The van der Waals surface area contributed by atoms with Gasteiger partial charge in [0.15, 0.2) is 9.84 Å². The quantitative estimate of drug-likeness (QED) is 0.684. The Kier molecular flexibility index (Phi) is 5.65. The molecule has 2 aromatic carbocycles. The molecule has 0 aliphatic heterocycles. The number of benzene rings is 2. The van der Waals surface area contributed by atoms with Crippen molar-refractivity contribution in [1.29, 1.82) is 0 Å². The molecule has 0 unspecified atom stereocenters. The maximum absolute atomic E-state index is 12.7. The Bertz CT molecular complexity index is 1080. The van der Waals surface area contributed by atoms with Crippen LogP contribution >= 0.6 is 0 Å². The van der Waals surface area contributed by atoms with Crippen LogP contribution in [0.15, 0.2) is 59.5 Å². The fourth-order valence-electron chi connectivity index (χ4n) is 2.40. The molecule has 0 saturated carbocycles. The Morgan fingerprint density at radius 2 is 1.61 bits per heavy atom. The summed E-state index contributed by atoms with van der Waals surface area (Å²) in [5.74, 6) is -0.417. The largest absolute Gasteiger partial charge is 0.326 e. The van der Waals surface area contributed by atoms with Crippen LogP contribution in [0.1, 0.15) is 17.0 Å². The monoisotopic (exact) mass is 397 g/mol. The molecule has 3 aromatic rings. The molecule has 28 heavy (non-hydrogen) atoms. The lowest BCUT2D eigenvalue weighted by Crippen LogP contribution is -2.22. The number of carbonyl (C=O) groups excluding carboxylic acids is 1. The molecule has 0 aliphatic carbocycles. The summed E-state index contributed by atoms with van der Waals surface area (Å²) in [7, 11) is -3.60. The van der Waals surface area contributed by atoms with Crippen molar-refractivity contribution in [3.63, 3.8) is 0 Å². The first kappa shape index (κ1) is 19.4. The van der Waals surface area contributed by atoms with E-state index in [1.165, 1.54) is 0 Å². The number of rotatable bonds is 5. The van der Waals surface area contributed by atoms with E-state index >= 15 is 0 Å². The Balaban J connectivity index is 1.76. The third-order valence-corrected chi connectivity index (χ3v) is 5.56. The molecule has 0 aliphatic rings. The van der Waals surface area contributed by atoms with Crippen LogP contribution in [0.2, 0.25) is 0 Å². The van der Waals surface area contributed by atoms with Gasteiger partial charge >= 0.3 is 6.03 Å². The predicted molar refractivity (Wildman–Crippen MR) is 106 cm³/mol. The van der Waals surface area contributed by atoms with Crippen LogP contribution in [-0.2, 0) is 15.6 Å². The van der Waals surface area contributed by atoms with Crippen molar-refractivity contribution < 1.29 is 13.2 Å². The van der Waals surface area contributed by atoms with Gasteiger partial charge in [-0.3, -0.25) is 5.32 Å². The van der Waals surface area contributed by atoms with Gasteiger partial charge in [0.1, 0.15) is 0 Å². The van der Waals surface area contributed by atoms with Gasteiger partial charge in [-0.1, -0.05) is 35.9 Å². The summed E-state index contributed by atoms with van der Waals surface area (Å²) in [4.78, 5) is 16.4. The van der Waals surface area contributed by atoms with Crippen LogP contribution in [0.3, 0.4) is 0 Å². The maximum Gasteiger partial charge on any atom is 0.326 e. The third-order valence-electron chi connectivity index (χ3n) is 3.92. The van der Waals surface area contributed by atoms with E-state index in [-0.39, 0.29) is 22.3 Å². The molecule has 144 valence electrons. The summed E-state index contributed by atoms with van der Waals surface area (Å²) < 4.78 is 25.3. The van der Waals surface area contributed by atoms with Gasteiger partial charge in [0, 0.05) is 5.69 Å². The molecule has 0 saturated heterocycles. The van der Waals surface area contributed by atoms with Gasteiger partial charge in [-0.05, 0) is 38.1 Å². The summed E-state index contributed by atoms with van der Waals surface area (Å²) in [6, 6.07) is 14.9. The zero-order valence-corrected chi connectivity index (χ0v) is 16.2. The first-order valence-electron chi connectivity index (χ1n) is 8.46. The average Bonchev–Trinajstić information content (AvgIpc) is 2.65. The summed E-state index contributed by atoms with van der Waals surface area (Å²) in [5, 5.41) is 12.8. The molecule has 0 spiro atoms. The number of hydrogen-bond acceptors (Lipinski definition) is 6. The van der Waals surface area contributed by atoms with E-state index in [4.69, 9.17) is 0 Å². The zero-order chi connectivity index (χ0) is 20.1. The van der Waals surface area contributed by atoms with E-state index < -0.39 is 15.9 Å². The van der Waals surface area contributed by atoms with Crippen LogP contribution in [0.5, 0.6) is 0 Å². The Morgan fingerprint density at radius 3 is 2.29 bits per heavy atom. The van der Waals surface area contributed by atoms with Gasteiger partial charge in [-0.15, -0.1) is 5.10 Å². The number of aromatic nitrogens is 3. The van der Waals surface area contributed by atoms with E-state index in [0.717, 1.165) is 5.56 Å². The molecule has 1 heterocycles. The van der Waals surface area contributed by atoms with Crippen LogP contribution < -0.4 is 10.6 Å². The molecule has 1 aromatic heterocycles. The van der Waals surface area contributed by atoms with E-state index in [0.29, 0.717) is 11.4 Å². The molecule has 8 nitrogen and oxygen atoms in total. The van der Waals surface area contributed by atoms with Crippen molar-refractivity contribution in [2.75, 3.05) is 10.6 Å². The highest BCUT2D eigenvalue weighted by atomic mass is 32.2. The van der Waals surface area contributed by atoms with E-state index in [1.807, 2.05) is 13.0 Å². The topological polar surface area (TPSA) is 114 Å². The minimum absolute atomic E-state index is 0.0758. The predicted octanol–water partition coefficient (Wildman–Crippen LogP) is 3.11. The Hall–Kier alpha value is -3.33. The number of hydrogen-bond donors (Lipinski definition) is 2. The second kappa shape index (κ2) is 8.13. The molecule has 0 radical (unpaired) electrons. The van der Waals surface area contributed by atoms with Gasteiger partial charge in [-0.2, -0.15) is 5.10 Å². The highest BCUT2D eigenvalue weighted by molar-refractivity contribution is 7.90. The lowest BCUT2D eigenvalue weighted by Gasteiger charge is -2.09. The highest BCUT2D eigenvalue weighted by Gasteiger charge is 2.19. The van der Waals surface area contributed by atoms with Crippen molar-refractivity contribution in [2.45, 2.75) is 24.5 Å². The smallest absolute Gasteiger partial charge is 0.308 e. The van der Waals surface area contributed by atoms with E-state index in [2.05, 4.69) is 25.8 Å². The number of amides is 2. The Morgan fingerprint density at radius 1 is 0.929 bits per heavy atom. The second-order valence-electron chi connectivity index (χ2n) is 6.18. The number of anilines is 2. The van der Waals surface area contributed by atoms with Gasteiger partial charge in [0.25, 0.3) is 5.95 Å². The van der Waals surface area contributed by atoms with Crippen LogP contribution in [-0.4, -0.2) is 29.6 Å². The molecule has 0 fully saturated rings. The standard InChI is InChI=1S/C19H19N5O3S/c1-13-8-10-16(11-9-13)28(26,27)12-17-14(2)23-24-18(21-17)22-19(25)20-15-6-4-3-5-7-15/h3-11H,12H2,1-2H3,(H2,20,21,22,24,25). The summed E-state index contributed by atoms with van der Waals surface area (Å²) in [6.07, 6.45) is 0. The van der Waals surface area contributed by atoms with Crippen LogP contribution in [0.4, 0.5) is 16.4 Å². The van der Waals surface area contributed by atoms with Gasteiger partial charge in [0.05, 0.1) is 22.0 Å². The molecule has 3 rings (SSSR count). The first-order chi connectivity index (χ1) is 13.3. The molecule has 9 heteroatoms. The van der Waals surface area contributed by atoms with Gasteiger partial charge < -0.3 is 5.32 Å². The zero-order valence-electron chi connectivity index (χ0n) is 15.4. The SMILES string of the molecule is Cc1ccc(S(=O)(=O)Cc2nc(NC(=O)Nc3ccccc3)nnc2C)cc1. The molecular formula is C19H19N5O3S. The normalized spacial score (nSPS) is 11.1. The summed E-state index contributed by atoms with van der Waals surface area (Å²) in [5.41, 5.74) is 2.17. The van der Waals surface area contributed by atoms with Gasteiger partial charge in [-0.25, -0.2) is 18.2 Å². The third kappa shape index (κ3) is 4.89. The number of sulfone groups is 1. The molecule has 2 amide bonds. The molecule has 0 atom stereocenters. The number of aryl methyl sites for hydroxylation is 2. The van der Waals surface area contributed by atoms with Crippen molar-refractivity contribution in [3.05, 3.63) is 71.5 Å². The van der Waals surface area contributed by atoms with E-state index in [1.54, 1.807) is 55.5 Å². The van der Waals surface area contributed by atoms with Gasteiger partial charge in [0.2, 0.25) is 0 Å². The number of para-hydroxylation sites is 1. The first-order valence-corrected chi connectivity index (χ1v) is 10.1. The number of nitrogens with one attached hydrogen (secondary N) is 2. The number of nitrogens with zero attached hydrogens (tertiary/aromatic N) is 3. The summed E-state index contributed by atoms with van der Waals surface area (Å²) >= 11 is 0. The lowest BCUT2D eigenvalue weighted by atomic mass is 10.2. The van der Waals surface area contributed by atoms with Crippen LogP contribution in [0, 0.1) is 13.8 Å². The molecule has 2 N–H and O–H groups in total. The maximum atomic E-state index is 12.7. The fraction of sp³-hybridized carbons (Fsp3) is 0.158. The van der Waals surface area contributed by atoms with Crippen LogP contribution in [0.25, 0.3) is 0 Å². The highest BCUT2D eigenvalue weighted by Crippen LogP contribution is 2.18. The lowest BCUT2D eigenvalue weighted by molar-refractivity contribution is 0.262. The molecule has 0 bridgehead atoms. The van der Waals surface area contributed by atoms with Crippen molar-refractivity contribution >= 4 is 27.5 Å². The number of urea groups is 1. The van der Waals surface area contributed by atoms with Crippen molar-refractivity contribution in [3.8, 4) is 0 Å². The van der Waals surface area contributed by atoms with Crippen molar-refractivity contribution in [2.24, 2.45) is 0 Å². The second-order valence-corrected chi connectivity index (χ2v) is 8.17. The van der Waals surface area contributed by atoms with Crippen molar-refractivity contribution in [1.82, 2.24) is 15.2 Å². The summed E-state index contributed by atoms with van der Waals surface area (Å²) in [6.45, 7) is 3.50. The average molecular weight is 397 g/mol. The Labute approximate surface area is 163 Å². The minimum atomic E-state index is -3.60. The molecular weight excluding hydrogens is 378 g/mol. The minimum Gasteiger partial charge on any atom is -0.308 e. The van der Waals surface area contributed by atoms with E-state index in [9.17, 15) is 13.2 Å².